The first-order valence-electron chi connectivity index (χ1n) is 5.89. The normalized spacial score (nSPS) is 40.8. The van der Waals surface area contributed by atoms with Crippen LogP contribution in [0.3, 0.4) is 0 Å². The van der Waals surface area contributed by atoms with Gasteiger partial charge in [-0.3, -0.25) is 9.59 Å². The van der Waals surface area contributed by atoms with E-state index in [1.54, 1.807) is 6.92 Å². The summed E-state index contributed by atoms with van der Waals surface area (Å²) in [6.07, 6.45) is -0.377. The number of rotatable bonds is 4. The lowest BCUT2D eigenvalue weighted by molar-refractivity contribution is -0.151. The molecule has 0 aromatic carbocycles. The quantitative estimate of drug-likeness (QED) is 0.587. The Labute approximate surface area is 104 Å². The number of hydrogen-bond acceptors (Lipinski definition) is 5. The Hall–Kier alpha value is -1.43. The van der Waals surface area contributed by atoms with Crippen LogP contribution in [0.4, 0.5) is 4.39 Å². The summed E-state index contributed by atoms with van der Waals surface area (Å²) < 4.78 is 23.3. The first-order chi connectivity index (χ1) is 8.47. The average molecular weight is 257 g/mol. The third kappa shape index (κ3) is 1.71. The molecule has 2 saturated carbocycles. The molecule has 0 bridgehead atoms. The molecule has 0 unspecified atom stereocenters. The van der Waals surface area contributed by atoms with Crippen LogP contribution in [0, 0.1) is 17.8 Å². The van der Waals surface area contributed by atoms with Crippen molar-refractivity contribution in [1.82, 2.24) is 0 Å². The van der Waals surface area contributed by atoms with Gasteiger partial charge in [-0.25, -0.2) is 4.39 Å². The Morgan fingerprint density at radius 2 is 2.28 bits per heavy atom. The number of hydrogen-bond donors (Lipinski definition) is 1. The topological polar surface area (TPSA) is 78.6 Å². The van der Waals surface area contributed by atoms with Gasteiger partial charge < -0.3 is 15.2 Å². The smallest absolute Gasteiger partial charge is 0.326 e. The summed E-state index contributed by atoms with van der Waals surface area (Å²) in [6, 6.07) is 0. The maximum absolute atomic E-state index is 13.8. The summed E-state index contributed by atoms with van der Waals surface area (Å²) in [6.45, 7) is 5.09. The SMILES string of the molecule is C=COC(=O)[C@H]1[C@H]2[C@@H]1[C@](N)(C(=O)OCC)C[C@H]2F. The van der Waals surface area contributed by atoms with E-state index in [9.17, 15) is 14.0 Å². The van der Waals surface area contributed by atoms with Crippen LogP contribution < -0.4 is 5.73 Å². The lowest BCUT2D eigenvalue weighted by atomic mass is 9.91. The van der Waals surface area contributed by atoms with Crippen molar-refractivity contribution < 1.29 is 23.5 Å². The van der Waals surface area contributed by atoms with Gasteiger partial charge in [0.2, 0.25) is 0 Å². The highest BCUT2D eigenvalue weighted by Crippen LogP contribution is 2.63. The summed E-state index contributed by atoms with van der Waals surface area (Å²) in [5.41, 5.74) is 4.53. The summed E-state index contributed by atoms with van der Waals surface area (Å²) in [5.74, 6) is -2.96. The molecule has 0 aromatic rings. The van der Waals surface area contributed by atoms with E-state index in [0.29, 0.717) is 0 Å². The molecule has 0 saturated heterocycles. The predicted molar refractivity (Wildman–Crippen MR) is 59.8 cm³/mol. The summed E-state index contributed by atoms with van der Waals surface area (Å²) in [5, 5.41) is 0. The number of nitrogens with two attached hydrogens (primary N) is 1. The molecule has 2 rings (SSSR count). The van der Waals surface area contributed by atoms with E-state index in [-0.39, 0.29) is 13.0 Å². The minimum absolute atomic E-state index is 0.0982. The molecule has 0 radical (unpaired) electrons. The first-order valence-corrected chi connectivity index (χ1v) is 5.89. The third-order valence-electron chi connectivity index (χ3n) is 3.75. The van der Waals surface area contributed by atoms with Crippen LogP contribution in [0.1, 0.15) is 13.3 Å². The molecule has 2 aliphatic rings. The molecule has 5 nitrogen and oxygen atoms in total. The largest absolute Gasteiger partial charge is 0.465 e. The van der Waals surface area contributed by atoms with Gasteiger partial charge in [-0.2, -0.15) is 0 Å². The Balaban J connectivity index is 2.14. The van der Waals surface area contributed by atoms with Gasteiger partial charge in [0.15, 0.2) is 0 Å². The minimum atomic E-state index is -1.41. The van der Waals surface area contributed by atoms with Crippen molar-refractivity contribution >= 4 is 11.9 Å². The molecule has 2 fully saturated rings. The molecule has 0 amide bonds. The molecule has 2 aliphatic carbocycles. The number of carbonyl (C=O) groups is 2. The van der Waals surface area contributed by atoms with Gasteiger partial charge in [0.1, 0.15) is 11.7 Å². The van der Waals surface area contributed by atoms with Gasteiger partial charge >= 0.3 is 11.9 Å². The zero-order chi connectivity index (χ0) is 13.5. The first kappa shape index (κ1) is 13.0. The van der Waals surface area contributed by atoms with E-state index in [4.69, 9.17) is 10.5 Å². The summed E-state index contributed by atoms with van der Waals surface area (Å²) in [7, 11) is 0. The zero-order valence-electron chi connectivity index (χ0n) is 10.1. The standard InChI is InChI=1S/C12H16FNO4/c1-3-17-10(15)8-7-6(13)5-12(14,9(7)8)11(16)18-4-2/h3,6-9H,1,4-5,14H2,2H3/t6-,7+,8+,9+,12+/m1/s1. The lowest BCUT2D eigenvalue weighted by Gasteiger charge is -2.24. The molecule has 18 heavy (non-hydrogen) atoms. The van der Waals surface area contributed by atoms with E-state index in [0.717, 1.165) is 6.26 Å². The zero-order valence-corrected chi connectivity index (χ0v) is 10.1. The fraction of sp³-hybridized carbons (Fsp3) is 0.667. The number of esters is 2. The van der Waals surface area contributed by atoms with Crippen molar-refractivity contribution in [3.63, 3.8) is 0 Å². The van der Waals surface area contributed by atoms with Crippen LogP contribution in [0.5, 0.6) is 0 Å². The molecule has 0 spiro atoms. The maximum atomic E-state index is 13.8. The van der Waals surface area contributed by atoms with Gasteiger partial charge in [-0.05, 0) is 6.92 Å². The van der Waals surface area contributed by atoms with Crippen LogP contribution in [0.2, 0.25) is 0 Å². The Bertz CT molecular complexity index is 400. The second-order valence-electron chi connectivity index (χ2n) is 4.71. The Morgan fingerprint density at radius 3 is 2.83 bits per heavy atom. The number of alkyl halides is 1. The fourth-order valence-corrected chi connectivity index (χ4v) is 2.99. The van der Waals surface area contributed by atoms with Gasteiger partial charge in [0.05, 0.1) is 18.8 Å². The molecule has 100 valence electrons. The Morgan fingerprint density at radius 1 is 1.61 bits per heavy atom. The van der Waals surface area contributed by atoms with Crippen LogP contribution in [0.15, 0.2) is 12.8 Å². The molecule has 0 aliphatic heterocycles. The highest BCUT2D eigenvalue weighted by molar-refractivity contribution is 5.87. The number of halogens is 1. The Kier molecular flexibility index (Phi) is 3.14. The van der Waals surface area contributed by atoms with E-state index >= 15 is 0 Å². The molecule has 6 heteroatoms. The lowest BCUT2D eigenvalue weighted by Crippen LogP contribution is -2.51. The number of fused-ring (bicyclic) bond motifs is 1. The second-order valence-corrected chi connectivity index (χ2v) is 4.71. The fourth-order valence-electron chi connectivity index (χ4n) is 2.99. The van der Waals surface area contributed by atoms with Crippen molar-refractivity contribution in [3.8, 4) is 0 Å². The predicted octanol–water partition coefficient (Wildman–Crippen LogP) is 0.538. The van der Waals surface area contributed by atoms with Crippen LogP contribution >= 0.6 is 0 Å². The maximum Gasteiger partial charge on any atom is 0.326 e. The summed E-state index contributed by atoms with van der Waals surface area (Å²) in [4.78, 5) is 23.4. The van der Waals surface area contributed by atoms with Crippen LogP contribution in [-0.4, -0.2) is 30.3 Å². The molecular weight excluding hydrogens is 241 g/mol. The summed E-state index contributed by atoms with van der Waals surface area (Å²) >= 11 is 0. The minimum Gasteiger partial charge on any atom is -0.465 e. The highest BCUT2D eigenvalue weighted by atomic mass is 19.1. The van der Waals surface area contributed by atoms with E-state index in [1.807, 2.05) is 0 Å². The van der Waals surface area contributed by atoms with Crippen molar-refractivity contribution in [2.24, 2.45) is 23.5 Å². The molecule has 5 atom stereocenters. The average Bonchev–Trinajstić information content (AvgIpc) is 2.99. The van der Waals surface area contributed by atoms with Crippen molar-refractivity contribution in [1.29, 1.82) is 0 Å². The number of carbonyl (C=O) groups excluding carboxylic acids is 2. The highest BCUT2D eigenvalue weighted by Gasteiger charge is 2.75. The van der Waals surface area contributed by atoms with Crippen LogP contribution in [0.25, 0.3) is 0 Å². The van der Waals surface area contributed by atoms with Gasteiger partial charge in [0.25, 0.3) is 0 Å². The van der Waals surface area contributed by atoms with Crippen molar-refractivity contribution in [3.05, 3.63) is 12.8 Å². The third-order valence-corrected chi connectivity index (χ3v) is 3.75. The van der Waals surface area contributed by atoms with Crippen LogP contribution in [-0.2, 0) is 19.1 Å². The molecular formula is C12H16FNO4. The van der Waals surface area contributed by atoms with Crippen molar-refractivity contribution in [2.45, 2.75) is 25.1 Å². The second kappa shape index (κ2) is 4.35. The van der Waals surface area contributed by atoms with Gasteiger partial charge in [-0.1, -0.05) is 6.58 Å². The van der Waals surface area contributed by atoms with Gasteiger partial charge in [0, 0.05) is 18.3 Å². The van der Waals surface area contributed by atoms with E-state index < -0.39 is 41.4 Å². The van der Waals surface area contributed by atoms with Gasteiger partial charge in [-0.15, -0.1) is 0 Å². The van der Waals surface area contributed by atoms with Crippen molar-refractivity contribution in [2.75, 3.05) is 6.61 Å². The van der Waals surface area contributed by atoms with E-state index in [2.05, 4.69) is 11.3 Å². The van der Waals surface area contributed by atoms with E-state index in [1.165, 1.54) is 0 Å². The molecule has 0 heterocycles. The molecule has 2 N–H and O–H groups in total. The monoisotopic (exact) mass is 257 g/mol. The molecule has 0 aromatic heterocycles. The number of ether oxygens (including phenoxy) is 2.